The van der Waals surface area contributed by atoms with Crippen molar-refractivity contribution >= 4 is 42.3 Å². The number of rotatable bonds is 11. The Morgan fingerprint density at radius 3 is 2.52 bits per heavy atom. The van der Waals surface area contributed by atoms with Crippen molar-refractivity contribution in [2.75, 3.05) is 44.7 Å². The molecule has 1 aliphatic rings. The number of aryl methyl sites for hydroxylation is 2. The predicted octanol–water partition coefficient (Wildman–Crippen LogP) is 3.26. The van der Waals surface area contributed by atoms with Crippen molar-refractivity contribution in [2.45, 2.75) is 33.9 Å². The first-order valence-electron chi connectivity index (χ1n) is 12.7. The highest BCUT2D eigenvalue weighted by Gasteiger charge is 2.28. The summed E-state index contributed by atoms with van der Waals surface area (Å²) in [6.07, 6.45) is 0. The van der Waals surface area contributed by atoms with E-state index in [0.29, 0.717) is 43.5 Å². The SMILES string of the molecule is CCNCCNC(=O)CN(CC(=O)N(C)N1Cc2cccc(F)c2C1)c1ccc(-c2nc(C)no2)cc1C.Cl.Cl. The number of amides is 2. The van der Waals surface area contributed by atoms with Gasteiger partial charge in [0.25, 0.3) is 11.8 Å². The van der Waals surface area contributed by atoms with Crippen LogP contribution in [0.15, 0.2) is 40.9 Å². The molecule has 2 N–H and O–H groups in total. The largest absolute Gasteiger partial charge is 0.353 e. The number of benzene rings is 2. The Balaban J connectivity index is 0.00000280. The van der Waals surface area contributed by atoms with Crippen LogP contribution in [0.3, 0.4) is 0 Å². The Morgan fingerprint density at radius 2 is 1.88 bits per heavy atom. The fourth-order valence-electron chi connectivity index (χ4n) is 4.48. The summed E-state index contributed by atoms with van der Waals surface area (Å²) in [6.45, 7) is 8.34. The Hall–Kier alpha value is -3.25. The molecular formula is C27H36Cl2FN7O3. The molecule has 0 saturated carbocycles. The van der Waals surface area contributed by atoms with E-state index in [1.807, 2.05) is 38.1 Å². The fourth-order valence-corrected chi connectivity index (χ4v) is 4.48. The van der Waals surface area contributed by atoms with Gasteiger partial charge in [-0.25, -0.2) is 9.40 Å². The van der Waals surface area contributed by atoms with Crippen LogP contribution in [0.5, 0.6) is 0 Å². The van der Waals surface area contributed by atoms with Gasteiger partial charge in [-0.1, -0.05) is 24.2 Å². The van der Waals surface area contributed by atoms with Crippen LogP contribution in [0.2, 0.25) is 0 Å². The molecule has 218 valence electrons. The molecule has 1 aliphatic heterocycles. The highest BCUT2D eigenvalue weighted by molar-refractivity contribution is 5.87. The molecule has 0 unspecified atom stereocenters. The molecular weight excluding hydrogens is 560 g/mol. The number of carbonyl (C=O) groups excluding carboxylic acids is 2. The van der Waals surface area contributed by atoms with E-state index in [1.165, 1.54) is 11.1 Å². The van der Waals surface area contributed by atoms with Crippen LogP contribution in [0.1, 0.15) is 29.4 Å². The van der Waals surface area contributed by atoms with Crippen LogP contribution in [-0.4, -0.2) is 71.7 Å². The van der Waals surface area contributed by atoms with Gasteiger partial charge in [-0.2, -0.15) is 4.98 Å². The lowest BCUT2D eigenvalue weighted by atomic mass is 10.1. The molecule has 0 spiro atoms. The fraction of sp³-hybridized carbons (Fsp3) is 0.407. The average molecular weight is 597 g/mol. The zero-order chi connectivity index (χ0) is 27.2. The smallest absolute Gasteiger partial charge is 0.257 e. The van der Waals surface area contributed by atoms with Crippen molar-refractivity contribution in [1.29, 1.82) is 0 Å². The molecule has 0 aliphatic carbocycles. The predicted molar refractivity (Wildman–Crippen MR) is 156 cm³/mol. The molecule has 0 saturated heterocycles. The number of halogens is 3. The van der Waals surface area contributed by atoms with Gasteiger partial charge in [0.15, 0.2) is 5.82 Å². The van der Waals surface area contributed by atoms with Crippen LogP contribution in [0, 0.1) is 19.7 Å². The van der Waals surface area contributed by atoms with E-state index in [1.54, 1.807) is 29.9 Å². The number of likely N-dealkylation sites (N-methyl/N-ethyl adjacent to an activating group) is 2. The van der Waals surface area contributed by atoms with Gasteiger partial charge in [0.1, 0.15) is 5.82 Å². The molecule has 4 rings (SSSR count). The molecule has 0 radical (unpaired) electrons. The molecule has 2 heterocycles. The summed E-state index contributed by atoms with van der Waals surface area (Å²) in [6, 6.07) is 10.6. The number of anilines is 1. The standard InChI is InChI=1S/C27H34FN7O3.2ClH/c1-5-29-11-12-30-25(36)16-34(24-10-9-20(13-18(24)2)27-31-19(3)32-38-27)17-26(37)33(4)35-14-21-7-6-8-23(28)22(21)15-35;;/h6-10,13,29H,5,11-12,14-17H2,1-4H3,(H,30,36);2*1H. The summed E-state index contributed by atoms with van der Waals surface area (Å²) >= 11 is 0. The van der Waals surface area contributed by atoms with E-state index in [-0.39, 0.29) is 55.5 Å². The van der Waals surface area contributed by atoms with Crippen LogP contribution in [-0.2, 0) is 22.7 Å². The Bertz CT molecular complexity index is 1310. The van der Waals surface area contributed by atoms with Crippen LogP contribution in [0.25, 0.3) is 11.5 Å². The number of aromatic nitrogens is 2. The van der Waals surface area contributed by atoms with E-state index in [0.717, 1.165) is 28.9 Å². The number of nitrogens with one attached hydrogen (secondary N) is 2. The van der Waals surface area contributed by atoms with Gasteiger partial charge in [-0.15, -0.1) is 24.8 Å². The summed E-state index contributed by atoms with van der Waals surface area (Å²) in [7, 11) is 1.68. The highest BCUT2D eigenvalue weighted by Crippen LogP contribution is 2.28. The molecule has 0 fully saturated rings. The number of hydrazine groups is 1. The van der Waals surface area contributed by atoms with Gasteiger partial charge in [0, 0.05) is 50.0 Å². The summed E-state index contributed by atoms with van der Waals surface area (Å²) < 4.78 is 19.5. The lowest BCUT2D eigenvalue weighted by Gasteiger charge is -2.32. The summed E-state index contributed by atoms with van der Waals surface area (Å²) in [4.78, 5) is 32.2. The lowest BCUT2D eigenvalue weighted by molar-refractivity contribution is -0.145. The van der Waals surface area contributed by atoms with Gasteiger partial charge >= 0.3 is 0 Å². The molecule has 10 nitrogen and oxygen atoms in total. The highest BCUT2D eigenvalue weighted by atomic mass is 35.5. The molecule has 40 heavy (non-hydrogen) atoms. The molecule has 2 aromatic carbocycles. The van der Waals surface area contributed by atoms with E-state index < -0.39 is 0 Å². The van der Waals surface area contributed by atoms with Gasteiger partial charge < -0.3 is 20.1 Å². The van der Waals surface area contributed by atoms with Gasteiger partial charge in [-0.05, 0) is 55.8 Å². The van der Waals surface area contributed by atoms with Crippen molar-refractivity contribution in [3.05, 3.63) is 64.7 Å². The Labute approximate surface area is 246 Å². The number of fused-ring (bicyclic) bond motifs is 1. The van der Waals surface area contributed by atoms with Gasteiger partial charge in [0.2, 0.25) is 5.91 Å². The van der Waals surface area contributed by atoms with Crippen molar-refractivity contribution in [3.8, 4) is 11.5 Å². The minimum atomic E-state index is -0.270. The first-order valence-corrected chi connectivity index (χ1v) is 12.7. The van der Waals surface area contributed by atoms with E-state index in [2.05, 4.69) is 20.8 Å². The second-order valence-corrected chi connectivity index (χ2v) is 9.33. The molecule has 3 aromatic rings. The minimum absolute atomic E-state index is 0. The van der Waals surface area contributed by atoms with Crippen LogP contribution >= 0.6 is 24.8 Å². The van der Waals surface area contributed by atoms with Gasteiger partial charge in [0.05, 0.1) is 13.1 Å². The van der Waals surface area contributed by atoms with Gasteiger partial charge in [-0.3, -0.25) is 14.6 Å². The molecule has 1 aromatic heterocycles. The second kappa shape index (κ2) is 14.9. The maximum absolute atomic E-state index is 14.3. The van der Waals surface area contributed by atoms with Crippen LogP contribution in [0.4, 0.5) is 10.1 Å². The number of carbonyl (C=O) groups is 2. The minimum Gasteiger partial charge on any atom is -0.353 e. The number of nitrogens with zero attached hydrogens (tertiary/aromatic N) is 5. The third kappa shape index (κ3) is 7.91. The van der Waals surface area contributed by atoms with Crippen molar-refractivity contribution in [2.24, 2.45) is 0 Å². The first-order chi connectivity index (χ1) is 18.3. The Morgan fingerprint density at radius 1 is 1.10 bits per heavy atom. The summed E-state index contributed by atoms with van der Waals surface area (Å²) in [5, 5.41) is 13.2. The third-order valence-corrected chi connectivity index (χ3v) is 6.54. The zero-order valence-corrected chi connectivity index (χ0v) is 24.7. The topological polar surface area (TPSA) is 107 Å². The molecule has 13 heteroatoms. The normalized spacial score (nSPS) is 12.2. The monoisotopic (exact) mass is 595 g/mol. The second-order valence-electron chi connectivity index (χ2n) is 9.33. The van der Waals surface area contributed by atoms with Crippen molar-refractivity contribution in [3.63, 3.8) is 0 Å². The van der Waals surface area contributed by atoms with Crippen molar-refractivity contribution in [1.82, 2.24) is 30.8 Å². The van der Waals surface area contributed by atoms with E-state index in [4.69, 9.17) is 4.52 Å². The van der Waals surface area contributed by atoms with E-state index in [9.17, 15) is 14.0 Å². The molecule has 0 atom stereocenters. The molecule has 2 amide bonds. The third-order valence-electron chi connectivity index (χ3n) is 6.54. The number of hydrogen-bond acceptors (Lipinski definition) is 8. The van der Waals surface area contributed by atoms with Crippen LogP contribution < -0.4 is 15.5 Å². The summed E-state index contributed by atoms with van der Waals surface area (Å²) in [5.74, 6) is 0.269. The summed E-state index contributed by atoms with van der Waals surface area (Å²) in [5.41, 5.74) is 3.81. The molecule has 0 bridgehead atoms. The van der Waals surface area contributed by atoms with E-state index >= 15 is 0 Å². The van der Waals surface area contributed by atoms with Crippen molar-refractivity contribution < 1.29 is 18.5 Å². The zero-order valence-electron chi connectivity index (χ0n) is 23.1. The first kappa shape index (κ1) is 33.0. The quantitative estimate of drug-likeness (QED) is 0.325. The Kier molecular flexibility index (Phi) is 12.3. The maximum Gasteiger partial charge on any atom is 0.257 e. The maximum atomic E-state index is 14.3. The number of hydrogen-bond donors (Lipinski definition) is 2. The average Bonchev–Trinajstić information content (AvgIpc) is 3.53. The lowest BCUT2D eigenvalue weighted by Crippen LogP contribution is -2.48.